The predicted octanol–water partition coefficient (Wildman–Crippen LogP) is 3.82. The molecule has 4 heteroatoms. The van der Waals surface area contributed by atoms with Crippen molar-refractivity contribution in [3.05, 3.63) is 65.2 Å². The molecular weight excluding hydrogens is 396 g/mol. The van der Waals surface area contributed by atoms with Crippen molar-refractivity contribution in [1.82, 2.24) is 0 Å². The minimum Gasteiger partial charge on any atom is -0.328 e. The van der Waals surface area contributed by atoms with Crippen LogP contribution < -0.4 is 4.90 Å². The Morgan fingerprint density at radius 1 is 0.875 bits per heavy atom. The molecule has 0 fully saturated rings. The molecule has 0 saturated heterocycles. The van der Waals surface area contributed by atoms with Crippen LogP contribution in [0.15, 0.2) is 48.5 Å². The number of fused-ring (bicyclic) bond motifs is 2. The van der Waals surface area contributed by atoms with Crippen LogP contribution in [0.4, 0.5) is 5.69 Å². The first kappa shape index (κ1) is 22.9. The maximum Gasteiger partial charge on any atom is 0.174 e. The van der Waals surface area contributed by atoms with Crippen molar-refractivity contribution in [2.45, 2.75) is 51.5 Å². The highest BCUT2D eigenvalue weighted by atomic mass is 16.2. The van der Waals surface area contributed by atoms with E-state index >= 15 is 0 Å². The molecule has 1 N–H and O–H groups in total. The number of hydrogen-bond acceptors (Lipinski definition) is 2. The van der Waals surface area contributed by atoms with Crippen LogP contribution in [0.3, 0.4) is 0 Å². The summed E-state index contributed by atoms with van der Waals surface area (Å²) in [6, 6.07) is 16.7. The van der Waals surface area contributed by atoms with E-state index in [0.29, 0.717) is 23.6 Å². The van der Waals surface area contributed by atoms with Gasteiger partial charge in [0.1, 0.15) is 5.69 Å². The average Bonchev–Trinajstić information content (AvgIpc) is 3.12. The van der Waals surface area contributed by atoms with E-state index in [2.05, 4.69) is 59.1 Å². The average molecular weight is 435 g/mol. The van der Waals surface area contributed by atoms with E-state index in [9.17, 15) is 9.59 Å². The highest BCUT2D eigenvalue weighted by Gasteiger charge is 2.46. The summed E-state index contributed by atoms with van der Waals surface area (Å²) in [6.45, 7) is 10.3. The van der Waals surface area contributed by atoms with Crippen LogP contribution in [-0.4, -0.2) is 55.8 Å². The lowest BCUT2D eigenvalue weighted by Crippen LogP contribution is -3.10. The van der Waals surface area contributed by atoms with Gasteiger partial charge in [0.15, 0.2) is 11.6 Å². The Balaban J connectivity index is 1.28. The second-order valence-corrected chi connectivity index (χ2v) is 11.0. The molecule has 4 nitrogen and oxygen atoms in total. The molecule has 170 valence electrons. The van der Waals surface area contributed by atoms with Crippen molar-refractivity contribution in [2.75, 3.05) is 33.7 Å². The fraction of sp³-hybridized carbons (Fsp3) is 0.500. The molecule has 2 aromatic rings. The molecule has 0 amide bonds. The van der Waals surface area contributed by atoms with E-state index in [1.807, 2.05) is 12.1 Å². The zero-order valence-corrected chi connectivity index (χ0v) is 20.3. The van der Waals surface area contributed by atoms with Crippen molar-refractivity contribution in [3.63, 3.8) is 0 Å². The van der Waals surface area contributed by atoms with Gasteiger partial charge < -0.3 is 4.48 Å². The number of para-hydroxylation sites is 1. The summed E-state index contributed by atoms with van der Waals surface area (Å²) in [7, 11) is 4.54. The molecule has 0 saturated carbocycles. The summed E-state index contributed by atoms with van der Waals surface area (Å²) in [5, 5.41) is 0. The SMILES string of the molecule is CC1[NH+](CCC[N+](C)(C)CCCC2C(=O)c3ccccc3C2=O)c2ccccc2C1(C)C. The lowest BCUT2D eigenvalue weighted by molar-refractivity contribution is -0.899. The van der Waals surface area contributed by atoms with Crippen LogP contribution >= 0.6 is 0 Å². The zero-order chi connectivity index (χ0) is 23.1. The topological polar surface area (TPSA) is 38.6 Å². The smallest absolute Gasteiger partial charge is 0.174 e. The molecule has 1 aliphatic carbocycles. The summed E-state index contributed by atoms with van der Waals surface area (Å²) < 4.78 is 0.925. The Labute approximate surface area is 192 Å². The largest absolute Gasteiger partial charge is 0.328 e. The van der Waals surface area contributed by atoms with Crippen LogP contribution in [0.5, 0.6) is 0 Å². The first-order valence-electron chi connectivity index (χ1n) is 12.1. The van der Waals surface area contributed by atoms with Crippen molar-refractivity contribution in [2.24, 2.45) is 5.92 Å². The number of Topliss-reactive ketones (excluding diaryl/α,β-unsaturated/α-hetero) is 2. The molecular formula is C28H38N2O2+2. The van der Waals surface area contributed by atoms with Crippen LogP contribution in [-0.2, 0) is 5.41 Å². The van der Waals surface area contributed by atoms with E-state index in [1.165, 1.54) is 11.3 Å². The molecule has 2 unspecified atom stereocenters. The fourth-order valence-corrected chi connectivity index (χ4v) is 5.78. The molecule has 0 radical (unpaired) electrons. The van der Waals surface area contributed by atoms with Crippen molar-refractivity contribution < 1.29 is 19.0 Å². The molecule has 0 aromatic heterocycles. The summed E-state index contributed by atoms with van der Waals surface area (Å²) in [6.07, 6.45) is 2.71. The molecule has 0 spiro atoms. The summed E-state index contributed by atoms with van der Waals surface area (Å²) >= 11 is 0. The van der Waals surface area contributed by atoms with Crippen molar-refractivity contribution in [1.29, 1.82) is 0 Å². The minimum atomic E-state index is -0.471. The maximum absolute atomic E-state index is 12.6. The minimum absolute atomic E-state index is 0.0174. The fourth-order valence-electron chi connectivity index (χ4n) is 5.78. The van der Waals surface area contributed by atoms with Crippen LogP contribution in [0.1, 0.15) is 66.3 Å². The monoisotopic (exact) mass is 434 g/mol. The van der Waals surface area contributed by atoms with E-state index in [0.717, 1.165) is 37.0 Å². The molecule has 1 heterocycles. The number of nitrogens with one attached hydrogen (secondary N) is 1. The van der Waals surface area contributed by atoms with Gasteiger partial charge in [0.05, 0.1) is 45.7 Å². The second kappa shape index (κ2) is 8.57. The lowest BCUT2D eigenvalue weighted by Gasteiger charge is -2.31. The van der Waals surface area contributed by atoms with Gasteiger partial charge in [-0.25, -0.2) is 0 Å². The summed E-state index contributed by atoms with van der Waals surface area (Å²) in [5.41, 5.74) is 4.38. The third-order valence-electron chi connectivity index (χ3n) is 8.13. The number of ketones is 2. The quantitative estimate of drug-likeness (QED) is 0.507. The van der Waals surface area contributed by atoms with E-state index in [4.69, 9.17) is 0 Å². The zero-order valence-electron chi connectivity index (χ0n) is 20.3. The van der Waals surface area contributed by atoms with Gasteiger partial charge in [-0.15, -0.1) is 0 Å². The van der Waals surface area contributed by atoms with Crippen molar-refractivity contribution in [3.8, 4) is 0 Å². The first-order chi connectivity index (χ1) is 15.1. The normalized spacial score (nSPS) is 22.3. The molecule has 4 rings (SSSR count). The first-order valence-corrected chi connectivity index (χ1v) is 12.1. The predicted molar refractivity (Wildman–Crippen MR) is 129 cm³/mol. The Morgan fingerprint density at radius 3 is 2.09 bits per heavy atom. The molecule has 2 atom stereocenters. The van der Waals surface area contributed by atoms with Gasteiger partial charge in [-0.1, -0.05) is 42.5 Å². The number of rotatable bonds is 8. The van der Waals surface area contributed by atoms with Gasteiger partial charge in [0, 0.05) is 28.5 Å². The summed E-state index contributed by atoms with van der Waals surface area (Å²) in [5.74, 6) is -0.436. The number of carbonyl (C=O) groups is 2. The van der Waals surface area contributed by atoms with Crippen LogP contribution in [0.2, 0.25) is 0 Å². The van der Waals surface area contributed by atoms with E-state index in [1.54, 1.807) is 17.0 Å². The third kappa shape index (κ3) is 4.06. The second-order valence-electron chi connectivity index (χ2n) is 11.0. The maximum atomic E-state index is 12.6. The van der Waals surface area contributed by atoms with Gasteiger partial charge >= 0.3 is 0 Å². The van der Waals surface area contributed by atoms with Gasteiger partial charge in [-0.3, -0.25) is 14.5 Å². The number of carbonyl (C=O) groups excluding carboxylic acids is 2. The van der Waals surface area contributed by atoms with Crippen molar-refractivity contribution >= 4 is 17.3 Å². The van der Waals surface area contributed by atoms with Crippen LogP contribution in [0.25, 0.3) is 0 Å². The molecule has 2 aliphatic rings. The number of quaternary nitrogens is 2. The Bertz CT molecular complexity index is 989. The molecule has 32 heavy (non-hydrogen) atoms. The third-order valence-corrected chi connectivity index (χ3v) is 8.13. The standard InChI is InChI=1S/C28H37N2O2/c1-20-28(2,3)24-15-8-9-16-25(24)29(20)17-11-19-30(4,5)18-10-14-23-26(31)21-12-6-7-13-22(21)27(23)32/h6-9,12-13,15-16,20,23H,10-11,14,17-19H2,1-5H3/q+1/p+1. The summed E-state index contributed by atoms with van der Waals surface area (Å²) in [4.78, 5) is 26.9. The Kier molecular flexibility index (Phi) is 6.12. The van der Waals surface area contributed by atoms with Gasteiger partial charge in [-0.2, -0.15) is 0 Å². The highest BCUT2D eigenvalue weighted by Crippen LogP contribution is 2.35. The number of benzene rings is 2. The molecule has 2 aromatic carbocycles. The number of hydrogen-bond donors (Lipinski definition) is 1. The lowest BCUT2D eigenvalue weighted by atomic mass is 9.81. The molecule has 1 aliphatic heterocycles. The van der Waals surface area contributed by atoms with Gasteiger partial charge in [0.25, 0.3) is 0 Å². The van der Waals surface area contributed by atoms with E-state index in [-0.39, 0.29) is 17.0 Å². The van der Waals surface area contributed by atoms with Crippen LogP contribution in [0, 0.1) is 5.92 Å². The van der Waals surface area contributed by atoms with Gasteiger partial charge in [-0.05, 0) is 39.7 Å². The van der Waals surface area contributed by atoms with E-state index < -0.39 is 5.92 Å². The highest BCUT2D eigenvalue weighted by molar-refractivity contribution is 6.26. The molecule has 0 bridgehead atoms. The van der Waals surface area contributed by atoms with Gasteiger partial charge in [0.2, 0.25) is 0 Å². The Morgan fingerprint density at radius 2 is 1.44 bits per heavy atom. The Hall–Kier alpha value is -2.30. The number of nitrogens with zero attached hydrogens (tertiary/aromatic N) is 1.